The van der Waals surface area contributed by atoms with E-state index >= 15 is 0 Å². The number of hydrazine groups is 1. The lowest BCUT2D eigenvalue weighted by Gasteiger charge is -2.33. The smallest absolute Gasteiger partial charge is 0.0388 e. The van der Waals surface area contributed by atoms with Crippen molar-refractivity contribution < 1.29 is 0 Å². The molecule has 2 rings (SSSR count). The van der Waals surface area contributed by atoms with Gasteiger partial charge in [0.2, 0.25) is 0 Å². The molecular weight excluding hydrogens is 336 g/mol. The highest BCUT2D eigenvalue weighted by Gasteiger charge is 2.30. The SMILES string of the molecule is CC1SCCSC1C(Cc1cc(Br)cs1)NN. The van der Waals surface area contributed by atoms with Gasteiger partial charge in [-0.2, -0.15) is 23.5 Å². The monoisotopic (exact) mass is 352 g/mol. The van der Waals surface area contributed by atoms with E-state index < -0.39 is 0 Å². The van der Waals surface area contributed by atoms with E-state index in [0.29, 0.717) is 16.5 Å². The number of halogens is 1. The van der Waals surface area contributed by atoms with Crippen molar-refractivity contribution >= 4 is 50.8 Å². The summed E-state index contributed by atoms with van der Waals surface area (Å²) in [5.74, 6) is 8.25. The van der Waals surface area contributed by atoms with Gasteiger partial charge in [0.1, 0.15) is 0 Å². The Morgan fingerprint density at radius 2 is 2.29 bits per heavy atom. The van der Waals surface area contributed by atoms with Crippen molar-refractivity contribution in [3.05, 3.63) is 20.8 Å². The normalized spacial score (nSPS) is 27.0. The highest BCUT2D eigenvalue weighted by Crippen LogP contribution is 2.34. The molecule has 17 heavy (non-hydrogen) atoms. The molecule has 0 spiro atoms. The molecule has 1 aliphatic heterocycles. The van der Waals surface area contributed by atoms with Crippen molar-refractivity contribution in [3.63, 3.8) is 0 Å². The van der Waals surface area contributed by atoms with Gasteiger partial charge in [-0.25, -0.2) is 0 Å². The molecule has 2 nitrogen and oxygen atoms in total. The molecule has 0 aromatic carbocycles. The van der Waals surface area contributed by atoms with Gasteiger partial charge < -0.3 is 0 Å². The fourth-order valence-electron chi connectivity index (χ4n) is 2.04. The van der Waals surface area contributed by atoms with Gasteiger partial charge in [-0.15, -0.1) is 11.3 Å². The van der Waals surface area contributed by atoms with Gasteiger partial charge in [0.15, 0.2) is 0 Å². The topological polar surface area (TPSA) is 38.0 Å². The van der Waals surface area contributed by atoms with Crippen molar-refractivity contribution in [2.24, 2.45) is 5.84 Å². The van der Waals surface area contributed by atoms with E-state index in [1.54, 1.807) is 11.3 Å². The fourth-order valence-corrected chi connectivity index (χ4v) is 6.49. The molecule has 0 amide bonds. The summed E-state index contributed by atoms with van der Waals surface area (Å²) >= 11 is 9.42. The Bertz CT molecular complexity index is 358. The number of hydrogen-bond acceptors (Lipinski definition) is 5. The first-order valence-electron chi connectivity index (χ1n) is 5.63. The van der Waals surface area contributed by atoms with Gasteiger partial charge in [0.05, 0.1) is 0 Å². The van der Waals surface area contributed by atoms with E-state index in [-0.39, 0.29) is 0 Å². The maximum absolute atomic E-state index is 5.74. The Morgan fingerprint density at radius 1 is 1.53 bits per heavy atom. The van der Waals surface area contributed by atoms with Crippen LogP contribution in [0.5, 0.6) is 0 Å². The summed E-state index contributed by atoms with van der Waals surface area (Å²) in [6.07, 6.45) is 1.02. The number of rotatable bonds is 4. The summed E-state index contributed by atoms with van der Waals surface area (Å²) in [5, 5.41) is 3.42. The zero-order chi connectivity index (χ0) is 12.3. The van der Waals surface area contributed by atoms with Crippen molar-refractivity contribution in [2.75, 3.05) is 11.5 Å². The molecule has 0 saturated carbocycles. The van der Waals surface area contributed by atoms with Crippen LogP contribution in [0, 0.1) is 0 Å². The van der Waals surface area contributed by atoms with Crippen LogP contribution < -0.4 is 11.3 Å². The van der Waals surface area contributed by atoms with Crippen LogP contribution in [0.15, 0.2) is 15.9 Å². The van der Waals surface area contributed by atoms with Crippen molar-refractivity contribution in [2.45, 2.75) is 29.9 Å². The third-order valence-electron chi connectivity index (χ3n) is 2.89. The second-order valence-electron chi connectivity index (χ2n) is 4.12. The minimum Gasteiger partial charge on any atom is -0.271 e. The van der Waals surface area contributed by atoms with Crippen LogP contribution in [0.25, 0.3) is 0 Å². The van der Waals surface area contributed by atoms with E-state index in [0.717, 1.165) is 6.42 Å². The quantitative estimate of drug-likeness (QED) is 0.644. The summed E-state index contributed by atoms with van der Waals surface area (Å²) in [7, 11) is 0. The van der Waals surface area contributed by atoms with E-state index in [1.807, 2.05) is 0 Å². The Hall–Kier alpha value is 0.800. The average molecular weight is 353 g/mol. The van der Waals surface area contributed by atoms with Gasteiger partial charge in [-0.1, -0.05) is 6.92 Å². The number of hydrogen-bond donors (Lipinski definition) is 2. The van der Waals surface area contributed by atoms with Crippen LogP contribution in [-0.2, 0) is 6.42 Å². The largest absolute Gasteiger partial charge is 0.271 e. The van der Waals surface area contributed by atoms with Crippen LogP contribution in [0.2, 0.25) is 0 Å². The van der Waals surface area contributed by atoms with Crippen LogP contribution in [0.4, 0.5) is 0 Å². The van der Waals surface area contributed by atoms with Crippen LogP contribution in [0.1, 0.15) is 11.8 Å². The van der Waals surface area contributed by atoms with Crippen LogP contribution in [0.3, 0.4) is 0 Å². The molecule has 1 saturated heterocycles. The second kappa shape index (κ2) is 6.82. The molecule has 1 aromatic heterocycles. The highest BCUT2D eigenvalue weighted by molar-refractivity contribution is 9.10. The third kappa shape index (κ3) is 3.88. The van der Waals surface area contributed by atoms with Crippen LogP contribution >= 0.6 is 50.8 Å². The fraction of sp³-hybridized carbons (Fsp3) is 0.636. The first-order valence-corrected chi connectivity index (χ1v) is 9.40. The lowest BCUT2D eigenvalue weighted by molar-refractivity contribution is 0.504. The van der Waals surface area contributed by atoms with Crippen molar-refractivity contribution in [1.82, 2.24) is 5.43 Å². The zero-order valence-corrected chi connectivity index (χ0v) is 13.7. The first kappa shape index (κ1) is 14.2. The van der Waals surface area contributed by atoms with Crippen LogP contribution in [-0.4, -0.2) is 28.0 Å². The summed E-state index contributed by atoms with van der Waals surface area (Å²) in [4.78, 5) is 1.39. The molecular formula is C11H17BrN2S3. The third-order valence-corrected chi connectivity index (χ3v) is 7.86. The summed E-state index contributed by atoms with van der Waals surface area (Å²) in [5.41, 5.74) is 3.02. The molecule has 3 atom stereocenters. The van der Waals surface area contributed by atoms with E-state index in [4.69, 9.17) is 5.84 Å². The molecule has 96 valence electrons. The molecule has 0 radical (unpaired) electrons. The van der Waals surface area contributed by atoms with Gasteiger partial charge >= 0.3 is 0 Å². The van der Waals surface area contributed by atoms with E-state index in [2.05, 4.69) is 63.2 Å². The summed E-state index contributed by atoms with van der Waals surface area (Å²) < 4.78 is 1.17. The lowest BCUT2D eigenvalue weighted by Crippen LogP contribution is -2.48. The maximum atomic E-state index is 5.74. The number of thioether (sulfide) groups is 2. The Labute approximate surface area is 124 Å². The van der Waals surface area contributed by atoms with Gasteiger partial charge in [-0.3, -0.25) is 11.3 Å². The molecule has 3 N–H and O–H groups in total. The Balaban J connectivity index is 2.00. The van der Waals surface area contributed by atoms with E-state index in [1.165, 1.54) is 20.9 Å². The van der Waals surface area contributed by atoms with Gasteiger partial charge in [0.25, 0.3) is 0 Å². The minimum absolute atomic E-state index is 0.369. The predicted octanol–water partition coefficient (Wildman–Crippen LogP) is 3.12. The molecule has 0 aliphatic carbocycles. The highest BCUT2D eigenvalue weighted by atomic mass is 79.9. The van der Waals surface area contributed by atoms with Gasteiger partial charge in [0, 0.05) is 42.8 Å². The maximum Gasteiger partial charge on any atom is 0.0388 e. The average Bonchev–Trinajstić information content (AvgIpc) is 2.73. The minimum atomic E-state index is 0.369. The molecule has 1 aromatic rings. The second-order valence-corrected chi connectivity index (χ2v) is 8.80. The van der Waals surface area contributed by atoms with Crippen molar-refractivity contribution in [1.29, 1.82) is 0 Å². The number of nitrogens with two attached hydrogens (primary N) is 1. The Morgan fingerprint density at radius 3 is 2.88 bits per heavy atom. The zero-order valence-electron chi connectivity index (χ0n) is 9.69. The van der Waals surface area contributed by atoms with Crippen molar-refractivity contribution in [3.8, 4) is 0 Å². The molecule has 6 heteroatoms. The number of nitrogens with one attached hydrogen (secondary N) is 1. The lowest BCUT2D eigenvalue weighted by atomic mass is 10.1. The Kier molecular flexibility index (Phi) is 5.70. The summed E-state index contributed by atoms with van der Waals surface area (Å²) in [6, 6.07) is 2.56. The predicted molar refractivity (Wildman–Crippen MR) is 85.0 cm³/mol. The molecule has 1 fully saturated rings. The first-order chi connectivity index (χ1) is 8.20. The molecule has 0 bridgehead atoms. The molecule has 3 unspecified atom stereocenters. The van der Waals surface area contributed by atoms with E-state index in [9.17, 15) is 0 Å². The van der Waals surface area contributed by atoms with Gasteiger partial charge in [-0.05, 0) is 28.4 Å². The standard InChI is InChI=1S/C11H17BrN2S3/c1-7-11(16-3-2-15-7)10(14-13)5-9-4-8(12)6-17-9/h4,6-7,10-11,14H,2-3,5,13H2,1H3. The number of thiophene rings is 1. The molecule has 2 heterocycles. The summed E-state index contributed by atoms with van der Waals surface area (Å²) in [6.45, 7) is 2.32. The molecule has 1 aliphatic rings.